The Morgan fingerprint density at radius 2 is 1.76 bits per heavy atom. The van der Waals surface area contributed by atoms with Crippen LogP contribution in [-0.2, 0) is 19.6 Å². The molecular formula is C10H20N2O4S. The quantitative estimate of drug-likeness (QED) is 0.687. The summed E-state index contributed by atoms with van der Waals surface area (Å²) in [6.45, 7) is 5.42. The third kappa shape index (κ3) is 4.61. The van der Waals surface area contributed by atoms with Gasteiger partial charge in [0.1, 0.15) is 6.61 Å². The van der Waals surface area contributed by atoms with E-state index in [0.717, 1.165) is 0 Å². The van der Waals surface area contributed by atoms with Crippen molar-refractivity contribution >= 4 is 15.9 Å². The number of carbonyl (C=O) groups excluding carboxylic acids is 1. The molecule has 100 valence electrons. The molecule has 0 aliphatic carbocycles. The summed E-state index contributed by atoms with van der Waals surface area (Å²) >= 11 is 0. The van der Waals surface area contributed by atoms with Gasteiger partial charge in [0.15, 0.2) is 0 Å². The van der Waals surface area contributed by atoms with Gasteiger partial charge in [0.05, 0.1) is 12.4 Å². The molecule has 1 aliphatic rings. The van der Waals surface area contributed by atoms with E-state index in [2.05, 4.69) is 0 Å². The van der Waals surface area contributed by atoms with Crippen LogP contribution >= 0.6 is 0 Å². The molecule has 0 aromatic heterocycles. The smallest absolute Gasteiger partial charge is 0.248 e. The van der Waals surface area contributed by atoms with E-state index in [1.54, 1.807) is 4.90 Å². The van der Waals surface area contributed by atoms with Gasteiger partial charge in [-0.25, -0.2) is 8.42 Å². The average molecular weight is 264 g/mol. The van der Waals surface area contributed by atoms with Crippen LogP contribution in [0.3, 0.4) is 0 Å². The molecule has 0 aromatic rings. The maximum absolute atomic E-state index is 11.7. The molecule has 0 radical (unpaired) electrons. The SMILES string of the molecule is CC(C)OCC(=O)N1CCN(S(C)(=O)=O)CC1. The standard InChI is InChI=1S/C10H20N2O4S/c1-9(2)16-8-10(13)11-4-6-12(7-5-11)17(3,14)15/h9H,4-8H2,1-3H3. The van der Waals surface area contributed by atoms with Gasteiger partial charge in [-0.05, 0) is 13.8 Å². The van der Waals surface area contributed by atoms with Gasteiger partial charge in [-0.1, -0.05) is 0 Å². The Bertz CT molecular complexity index is 359. The van der Waals surface area contributed by atoms with Gasteiger partial charge in [-0.2, -0.15) is 4.31 Å². The number of nitrogens with zero attached hydrogens (tertiary/aromatic N) is 2. The van der Waals surface area contributed by atoms with E-state index in [4.69, 9.17) is 4.74 Å². The van der Waals surface area contributed by atoms with E-state index in [9.17, 15) is 13.2 Å². The minimum Gasteiger partial charge on any atom is -0.369 e. The van der Waals surface area contributed by atoms with Gasteiger partial charge in [-0.3, -0.25) is 4.79 Å². The van der Waals surface area contributed by atoms with Crippen LogP contribution < -0.4 is 0 Å². The molecule has 0 spiro atoms. The largest absolute Gasteiger partial charge is 0.369 e. The molecule has 17 heavy (non-hydrogen) atoms. The molecule has 0 saturated carbocycles. The van der Waals surface area contributed by atoms with Crippen molar-refractivity contribution in [2.75, 3.05) is 39.0 Å². The van der Waals surface area contributed by atoms with Crippen molar-refractivity contribution in [3.8, 4) is 0 Å². The molecule has 0 N–H and O–H groups in total. The van der Waals surface area contributed by atoms with E-state index in [1.807, 2.05) is 13.8 Å². The van der Waals surface area contributed by atoms with Crippen LogP contribution in [0, 0.1) is 0 Å². The maximum atomic E-state index is 11.7. The third-order valence-electron chi connectivity index (χ3n) is 2.60. The molecule has 1 aliphatic heterocycles. The molecular weight excluding hydrogens is 244 g/mol. The van der Waals surface area contributed by atoms with Crippen molar-refractivity contribution in [3.05, 3.63) is 0 Å². The molecule has 1 saturated heterocycles. The lowest BCUT2D eigenvalue weighted by molar-refractivity contribution is -0.138. The summed E-state index contributed by atoms with van der Waals surface area (Å²) in [4.78, 5) is 13.3. The summed E-state index contributed by atoms with van der Waals surface area (Å²) in [7, 11) is -3.14. The van der Waals surface area contributed by atoms with Gasteiger partial charge in [-0.15, -0.1) is 0 Å². The number of hydrogen-bond donors (Lipinski definition) is 0. The normalized spacial score (nSPS) is 18.7. The Hall–Kier alpha value is -0.660. The van der Waals surface area contributed by atoms with Gasteiger partial charge < -0.3 is 9.64 Å². The zero-order valence-electron chi connectivity index (χ0n) is 10.5. The van der Waals surface area contributed by atoms with Crippen molar-refractivity contribution in [3.63, 3.8) is 0 Å². The molecule has 6 nitrogen and oxygen atoms in total. The van der Waals surface area contributed by atoms with E-state index in [1.165, 1.54) is 10.6 Å². The van der Waals surface area contributed by atoms with Crippen LogP contribution in [0.1, 0.15) is 13.8 Å². The predicted molar refractivity (Wildman–Crippen MR) is 64.1 cm³/mol. The second-order valence-corrected chi connectivity index (χ2v) is 6.39. The summed E-state index contributed by atoms with van der Waals surface area (Å²) < 4.78 is 29.2. The van der Waals surface area contributed by atoms with Crippen molar-refractivity contribution in [1.82, 2.24) is 9.21 Å². The van der Waals surface area contributed by atoms with Gasteiger partial charge in [0, 0.05) is 26.2 Å². The van der Waals surface area contributed by atoms with E-state index in [0.29, 0.717) is 26.2 Å². The minimum absolute atomic E-state index is 0.0243. The monoisotopic (exact) mass is 264 g/mol. The highest BCUT2D eigenvalue weighted by molar-refractivity contribution is 7.88. The van der Waals surface area contributed by atoms with E-state index < -0.39 is 10.0 Å². The molecule has 0 atom stereocenters. The van der Waals surface area contributed by atoms with Gasteiger partial charge in [0.25, 0.3) is 0 Å². The molecule has 0 unspecified atom stereocenters. The molecule has 0 bridgehead atoms. The van der Waals surface area contributed by atoms with Crippen LogP contribution in [0.2, 0.25) is 0 Å². The molecule has 0 aromatic carbocycles. The number of ether oxygens (including phenoxy) is 1. The minimum atomic E-state index is -3.14. The molecule has 1 heterocycles. The van der Waals surface area contributed by atoms with E-state index in [-0.39, 0.29) is 18.6 Å². The highest BCUT2D eigenvalue weighted by Gasteiger charge is 2.25. The zero-order valence-corrected chi connectivity index (χ0v) is 11.4. The fraction of sp³-hybridized carbons (Fsp3) is 0.900. The first-order valence-corrected chi connectivity index (χ1v) is 7.50. The second-order valence-electron chi connectivity index (χ2n) is 4.40. The summed E-state index contributed by atoms with van der Waals surface area (Å²) in [5, 5.41) is 0. The van der Waals surface area contributed by atoms with Gasteiger partial charge in [0.2, 0.25) is 15.9 Å². The van der Waals surface area contributed by atoms with Crippen molar-refractivity contribution in [2.24, 2.45) is 0 Å². The Kier molecular flexibility index (Phi) is 4.91. The molecule has 1 rings (SSSR count). The van der Waals surface area contributed by atoms with Crippen LogP contribution in [0.15, 0.2) is 0 Å². The fourth-order valence-electron chi connectivity index (χ4n) is 1.60. The summed E-state index contributed by atoms with van der Waals surface area (Å²) in [6, 6.07) is 0. The van der Waals surface area contributed by atoms with E-state index >= 15 is 0 Å². The number of hydrogen-bond acceptors (Lipinski definition) is 4. The Morgan fingerprint density at radius 1 is 1.24 bits per heavy atom. The fourth-order valence-corrected chi connectivity index (χ4v) is 2.42. The number of piperazine rings is 1. The highest BCUT2D eigenvalue weighted by Crippen LogP contribution is 2.06. The number of sulfonamides is 1. The average Bonchev–Trinajstić information content (AvgIpc) is 2.25. The second kappa shape index (κ2) is 5.79. The summed E-state index contributed by atoms with van der Waals surface area (Å²) in [5.74, 6) is -0.0770. The van der Waals surface area contributed by atoms with Crippen molar-refractivity contribution in [1.29, 1.82) is 0 Å². The van der Waals surface area contributed by atoms with Crippen LogP contribution in [0.25, 0.3) is 0 Å². The molecule has 1 fully saturated rings. The van der Waals surface area contributed by atoms with Crippen molar-refractivity contribution in [2.45, 2.75) is 20.0 Å². The first-order chi connectivity index (χ1) is 7.80. The van der Waals surface area contributed by atoms with Crippen LogP contribution in [-0.4, -0.2) is 68.7 Å². The number of rotatable bonds is 4. The summed E-state index contributed by atoms with van der Waals surface area (Å²) in [6.07, 6.45) is 1.21. The first-order valence-electron chi connectivity index (χ1n) is 5.65. The van der Waals surface area contributed by atoms with Crippen LogP contribution in [0.5, 0.6) is 0 Å². The zero-order chi connectivity index (χ0) is 13.1. The van der Waals surface area contributed by atoms with Gasteiger partial charge >= 0.3 is 0 Å². The lowest BCUT2D eigenvalue weighted by atomic mass is 10.3. The molecule has 1 amide bonds. The molecule has 7 heteroatoms. The Labute approximate surface area is 103 Å². The predicted octanol–water partition coefficient (Wildman–Crippen LogP) is -0.485. The van der Waals surface area contributed by atoms with Crippen molar-refractivity contribution < 1.29 is 17.9 Å². The summed E-state index contributed by atoms with van der Waals surface area (Å²) in [5.41, 5.74) is 0. The Morgan fingerprint density at radius 3 is 2.18 bits per heavy atom. The van der Waals surface area contributed by atoms with Crippen LogP contribution in [0.4, 0.5) is 0 Å². The highest BCUT2D eigenvalue weighted by atomic mass is 32.2. The maximum Gasteiger partial charge on any atom is 0.248 e. The third-order valence-corrected chi connectivity index (χ3v) is 3.90. The number of carbonyl (C=O) groups is 1. The number of amides is 1. The lowest BCUT2D eigenvalue weighted by Crippen LogP contribution is -2.51. The lowest BCUT2D eigenvalue weighted by Gasteiger charge is -2.33. The Balaban J connectivity index is 2.39. The topological polar surface area (TPSA) is 66.9 Å². The first kappa shape index (κ1) is 14.4.